The molecule has 1 aliphatic heterocycles. The smallest absolute Gasteiger partial charge is 0.261 e. The first kappa shape index (κ1) is 19.8. The monoisotopic (exact) mass is 431 g/mol. The molecule has 150 valence electrons. The topological polar surface area (TPSA) is 62.4 Å². The molecule has 0 spiro atoms. The molecule has 2 atom stereocenters. The minimum absolute atomic E-state index is 0.0490. The Bertz CT molecular complexity index is 978. The van der Waals surface area contributed by atoms with Crippen molar-refractivity contribution in [2.24, 2.45) is 0 Å². The summed E-state index contributed by atoms with van der Waals surface area (Å²) >= 11 is 7.12. The van der Waals surface area contributed by atoms with E-state index in [0.717, 1.165) is 23.4 Å². The molecule has 4 rings (SSSR count). The molecule has 0 radical (unpaired) electrons. The maximum absolute atomic E-state index is 13.0. The number of carbonyl (C=O) groups excluding carboxylic acids is 1. The highest BCUT2D eigenvalue weighted by molar-refractivity contribution is 7.17. The highest BCUT2D eigenvalue weighted by Crippen LogP contribution is 2.27. The van der Waals surface area contributed by atoms with Crippen molar-refractivity contribution in [3.8, 4) is 0 Å². The summed E-state index contributed by atoms with van der Waals surface area (Å²) in [6.45, 7) is 0.419. The molecule has 1 amide bonds. The third-order valence-corrected chi connectivity index (χ3v) is 5.84. The average molecular weight is 432 g/mol. The molecule has 1 saturated heterocycles. The predicted molar refractivity (Wildman–Crippen MR) is 113 cm³/mol. The molecular formula is C21H19ClFN3O2S. The minimum Gasteiger partial charge on any atom is -0.356 e. The van der Waals surface area contributed by atoms with Gasteiger partial charge in [-0.05, 0) is 60.5 Å². The molecule has 8 heteroatoms. The van der Waals surface area contributed by atoms with Gasteiger partial charge in [0.1, 0.15) is 5.82 Å². The van der Waals surface area contributed by atoms with E-state index in [0.29, 0.717) is 15.8 Å². The van der Waals surface area contributed by atoms with Gasteiger partial charge in [-0.25, -0.2) is 4.39 Å². The van der Waals surface area contributed by atoms with Crippen LogP contribution in [-0.2, 0) is 4.84 Å². The molecule has 5 nitrogen and oxygen atoms in total. The van der Waals surface area contributed by atoms with Gasteiger partial charge < -0.3 is 10.6 Å². The lowest BCUT2D eigenvalue weighted by Crippen LogP contribution is -2.31. The van der Waals surface area contributed by atoms with Crippen molar-refractivity contribution in [1.29, 1.82) is 0 Å². The van der Waals surface area contributed by atoms with Gasteiger partial charge in [-0.2, -0.15) is 5.48 Å². The summed E-state index contributed by atoms with van der Waals surface area (Å²) in [4.78, 5) is 18.3. The molecular weight excluding hydrogens is 413 g/mol. The van der Waals surface area contributed by atoms with Crippen LogP contribution in [-0.4, -0.2) is 18.6 Å². The zero-order chi connectivity index (χ0) is 20.2. The van der Waals surface area contributed by atoms with Crippen molar-refractivity contribution in [2.75, 3.05) is 11.9 Å². The van der Waals surface area contributed by atoms with E-state index < -0.39 is 0 Å². The molecule has 2 heterocycles. The second-order valence-electron chi connectivity index (χ2n) is 6.71. The lowest BCUT2D eigenvalue weighted by atomic mass is 10.0. The van der Waals surface area contributed by atoms with Crippen LogP contribution in [0.1, 0.15) is 27.7 Å². The maximum atomic E-state index is 13.0. The average Bonchev–Trinajstić information content (AvgIpc) is 3.38. The summed E-state index contributed by atoms with van der Waals surface area (Å²) < 4.78 is 13.6. The van der Waals surface area contributed by atoms with Crippen LogP contribution in [0, 0.1) is 5.82 Å². The third-order valence-electron chi connectivity index (χ3n) is 4.61. The second-order valence-corrected chi connectivity index (χ2v) is 8.43. The fourth-order valence-corrected chi connectivity index (χ4v) is 4.05. The molecule has 1 aromatic heterocycles. The molecule has 1 fully saturated rings. The normalized spacial score (nSPS) is 18.6. The Morgan fingerprint density at radius 3 is 2.45 bits per heavy atom. The van der Waals surface area contributed by atoms with E-state index >= 15 is 0 Å². The summed E-state index contributed by atoms with van der Waals surface area (Å²) in [7, 11) is 0. The summed E-state index contributed by atoms with van der Waals surface area (Å²) in [6, 6.07) is 17.7. The van der Waals surface area contributed by atoms with Gasteiger partial charge in [0.05, 0.1) is 21.4 Å². The molecule has 29 heavy (non-hydrogen) atoms. The van der Waals surface area contributed by atoms with Crippen LogP contribution in [0.15, 0.2) is 60.7 Å². The van der Waals surface area contributed by atoms with Crippen molar-refractivity contribution in [1.82, 2.24) is 10.8 Å². The van der Waals surface area contributed by atoms with Crippen LogP contribution in [0.25, 0.3) is 0 Å². The summed E-state index contributed by atoms with van der Waals surface area (Å²) in [6.07, 6.45) is 0.632. The minimum atomic E-state index is -0.261. The number of nitrogens with one attached hydrogen (secondary N) is 3. The number of hydrogen-bond donors (Lipinski definition) is 3. The van der Waals surface area contributed by atoms with Crippen LogP contribution in [0.5, 0.6) is 0 Å². The highest BCUT2D eigenvalue weighted by atomic mass is 35.5. The van der Waals surface area contributed by atoms with Gasteiger partial charge in [0.25, 0.3) is 5.91 Å². The Morgan fingerprint density at radius 2 is 1.79 bits per heavy atom. The molecule has 3 N–H and O–H groups in total. The summed E-state index contributed by atoms with van der Waals surface area (Å²) in [5.41, 5.74) is 5.86. The molecule has 0 saturated carbocycles. The summed E-state index contributed by atoms with van der Waals surface area (Å²) in [5, 5.41) is 6.11. The Kier molecular flexibility index (Phi) is 6.10. The molecule has 0 aliphatic carbocycles. The van der Waals surface area contributed by atoms with E-state index in [1.54, 1.807) is 24.3 Å². The van der Waals surface area contributed by atoms with E-state index in [4.69, 9.17) is 16.4 Å². The molecule has 2 aromatic carbocycles. The number of amides is 1. The molecule has 2 unspecified atom stereocenters. The highest BCUT2D eigenvalue weighted by Gasteiger charge is 2.27. The van der Waals surface area contributed by atoms with E-state index in [1.807, 2.05) is 24.3 Å². The van der Waals surface area contributed by atoms with Crippen LogP contribution >= 0.6 is 22.9 Å². The first-order valence-electron chi connectivity index (χ1n) is 9.14. The first-order chi connectivity index (χ1) is 14.1. The van der Waals surface area contributed by atoms with E-state index in [1.165, 1.54) is 23.5 Å². The fraction of sp³-hybridized carbons (Fsp3) is 0.190. The van der Waals surface area contributed by atoms with Gasteiger partial charge >= 0.3 is 0 Å². The number of halogens is 2. The number of rotatable bonds is 6. The van der Waals surface area contributed by atoms with Gasteiger partial charge in [-0.15, -0.1) is 11.3 Å². The number of thiophene rings is 1. The quantitative estimate of drug-likeness (QED) is 0.511. The van der Waals surface area contributed by atoms with E-state index in [9.17, 15) is 9.18 Å². The molecule has 0 bridgehead atoms. The lowest BCUT2D eigenvalue weighted by Gasteiger charge is -2.11. The predicted octanol–water partition coefficient (Wildman–Crippen LogP) is 5.05. The Morgan fingerprint density at radius 1 is 1.10 bits per heavy atom. The van der Waals surface area contributed by atoms with Crippen LogP contribution in [0.4, 0.5) is 15.8 Å². The Balaban J connectivity index is 1.28. The van der Waals surface area contributed by atoms with Gasteiger partial charge in [0, 0.05) is 17.9 Å². The Labute approximate surface area is 176 Å². The van der Waals surface area contributed by atoms with Gasteiger partial charge in [0.15, 0.2) is 0 Å². The number of hydrogen-bond acceptors (Lipinski definition) is 5. The van der Waals surface area contributed by atoms with Crippen LogP contribution in [0.2, 0.25) is 4.34 Å². The zero-order valence-electron chi connectivity index (χ0n) is 15.3. The van der Waals surface area contributed by atoms with Crippen molar-refractivity contribution in [3.05, 3.63) is 81.3 Å². The SMILES string of the molecule is O=C(NCC1CC(c2ccc(Nc3ccc(F)cc3)cc2)NO1)c1ccc(Cl)s1. The van der Waals surface area contributed by atoms with Gasteiger partial charge in [-0.1, -0.05) is 23.7 Å². The Hall–Kier alpha value is -2.45. The third kappa shape index (κ3) is 5.13. The van der Waals surface area contributed by atoms with Crippen molar-refractivity contribution >= 4 is 40.2 Å². The molecule has 1 aliphatic rings. The van der Waals surface area contributed by atoms with Gasteiger partial charge in [0.2, 0.25) is 0 Å². The second kappa shape index (κ2) is 8.92. The van der Waals surface area contributed by atoms with Crippen LogP contribution in [0.3, 0.4) is 0 Å². The number of anilines is 2. The van der Waals surface area contributed by atoms with Crippen LogP contribution < -0.4 is 16.1 Å². The first-order valence-corrected chi connectivity index (χ1v) is 10.3. The van der Waals surface area contributed by atoms with Crippen molar-refractivity contribution in [2.45, 2.75) is 18.6 Å². The largest absolute Gasteiger partial charge is 0.356 e. The number of benzene rings is 2. The number of hydroxylamine groups is 1. The van der Waals surface area contributed by atoms with E-state index in [-0.39, 0.29) is 23.9 Å². The fourth-order valence-electron chi connectivity index (χ4n) is 3.10. The standard InChI is InChI=1S/C21H19ClFN3O2S/c22-20-10-9-19(29-20)21(27)24-12-17-11-18(26-28-17)13-1-5-15(6-2-13)25-16-7-3-14(23)4-8-16/h1-10,17-18,25-26H,11-12H2,(H,24,27). The van der Waals surface area contributed by atoms with Crippen molar-refractivity contribution < 1.29 is 14.0 Å². The molecule has 3 aromatic rings. The van der Waals surface area contributed by atoms with Gasteiger partial charge in [-0.3, -0.25) is 9.63 Å². The number of carbonyl (C=O) groups is 1. The lowest BCUT2D eigenvalue weighted by molar-refractivity contribution is 0.0265. The van der Waals surface area contributed by atoms with E-state index in [2.05, 4.69) is 16.1 Å². The maximum Gasteiger partial charge on any atom is 0.261 e. The zero-order valence-corrected chi connectivity index (χ0v) is 16.9. The summed E-state index contributed by atoms with van der Waals surface area (Å²) in [5.74, 6) is -0.409. The van der Waals surface area contributed by atoms with Crippen molar-refractivity contribution in [3.63, 3.8) is 0 Å².